The summed E-state index contributed by atoms with van der Waals surface area (Å²) in [5.74, 6) is 0.488. The molecule has 1 heterocycles. The molecule has 0 aromatic heterocycles. The summed E-state index contributed by atoms with van der Waals surface area (Å²) in [4.78, 5) is 0.219. The Bertz CT molecular complexity index is 507. The second kappa shape index (κ2) is 4.96. The van der Waals surface area contributed by atoms with Crippen LogP contribution in [0.1, 0.15) is 24.3 Å². The van der Waals surface area contributed by atoms with E-state index in [2.05, 4.69) is 5.32 Å². The summed E-state index contributed by atoms with van der Waals surface area (Å²) in [6.07, 6.45) is 3.33. The number of benzene rings is 1. The van der Waals surface area contributed by atoms with E-state index >= 15 is 0 Å². The Labute approximate surface area is 107 Å². The van der Waals surface area contributed by atoms with Gasteiger partial charge >= 0.3 is 0 Å². The van der Waals surface area contributed by atoms with Crippen LogP contribution < -0.4 is 5.32 Å². The highest BCUT2D eigenvalue weighted by molar-refractivity contribution is 7.90. The van der Waals surface area contributed by atoms with Crippen molar-refractivity contribution in [3.63, 3.8) is 0 Å². The number of halogens is 1. The van der Waals surface area contributed by atoms with Crippen LogP contribution in [0.5, 0.6) is 0 Å². The lowest BCUT2D eigenvalue weighted by atomic mass is 9.90. The summed E-state index contributed by atoms with van der Waals surface area (Å²) in [5.41, 5.74) is 1.14. The first kappa shape index (κ1) is 12.9. The maximum absolute atomic E-state index is 11.4. The van der Waals surface area contributed by atoms with Crippen molar-refractivity contribution < 1.29 is 8.42 Å². The van der Waals surface area contributed by atoms with Gasteiger partial charge in [-0.15, -0.1) is 0 Å². The fraction of sp³-hybridized carbons (Fsp3) is 0.500. The maximum atomic E-state index is 11.4. The van der Waals surface area contributed by atoms with Gasteiger partial charge in [-0.2, -0.15) is 0 Å². The highest BCUT2D eigenvalue weighted by Crippen LogP contribution is 2.30. The minimum absolute atomic E-state index is 0.219. The number of sulfone groups is 1. The molecule has 3 nitrogen and oxygen atoms in total. The first-order chi connectivity index (χ1) is 7.98. The minimum Gasteiger partial charge on any atom is -0.317 e. The molecule has 1 aromatic carbocycles. The third kappa shape index (κ3) is 3.00. The third-order valence-corrected chi connectivity index (χ3v) is 4.75. The fourth-order valence-corrected chi connectivity index (χ4v) is 3.56. The van der Waals surface area contributed by atoms with Gasteiger partial charge in [0.05, 0.1) is 9.92 Å². The molecular weight excluding hydrogens is 258 g/mol. The van der Waals surface area contributed by atoms with Gasteiger partial charge in [-0.1, -0.05) is 17.7 Å². The molecule has 0 radical (unpaired) electrons. The molecule has 17 heavy (non-hydrogen) atoms. The largest absolute Gasteiger partial charge is 0.317 e. The van der Waals surface area contributed by atoms with Crippen LogP contribution in [0.4, 0.5) is 0 Å². The lowest BCUT2D eigenvalue weighted by molar-refractivity contribution is 0.460. The summed E-state index contributed by atoms with van der Waals surface area (Å²) < 4.78 is 22.9. The predicted molar refractivity (Wildman–Crippen MR) is 69.4 cm³/mol. The Balaban J connectivity index is 2.30. The first-order valence-electron chi connectivity index (χ1n) is 5.69. The van der Waals surface area contributed by atoms with E-state index in [-0.39, 0.29) is 4.90 Å². The molecule has 0 amide bonds. The number of hydrogen-bond acceptors (Lipinski definition) is 3. The van der Waals surface area contributed by atoms with E-state index in [1.165, 1.54) is 6.26 Å². The predicted octanol–water partition coefficient (Wildman–Crippen LogP) is 2.21. The van der Waals surface area contributed by atoms with Crippen LogP contribution >= 0.6 is 11.6 Å². The summed E-state index contributed by atoms with van der Waals surface area (Å²) in [6, 6.07) is 5.31. The zero-order valence-corrected chi connectivity index (χ0v) is 11.3. The topological polar surface area (TPSA) is 46.2 Å². The Morgan fingerprint density at radius 1 is 1.29 bits per heavy atom. The van der Waals surface area contributed by atoms with E-state index in [0.29, 0.717) is 10.9 Å². The van der Waals surface area contributed by atoms with Gasteiger partial charge in [-0.25, -0.2) is 8.42 Å². The zero-order chi connectivity index (χ0) is 12.5. The highest BCUT2D eigenvalue weighted by Gasteiger charge is 2.18. The van der Waals surface area contributed by atoms with Gasteiger partial charge in [-0.05, 0) is 49.5 Å². The van der Waals surface area contributed by atoms with Gasteiger partial charge in [0.2, 0.25) is 0 Å². The molecule has 0 saturated carbocycles. The number of hydrogen-bond donors (Lipinski definition) is 1. The average molecular weight is 274 g/mol. The molecule has 1 aliphatic heterocycles. The summed E-state index contributed by atoms with van der Waals surface area (Å²) in [6.45, 7) is 2.02. The molecule has 0 bridgehead atoms. The van der Waals surface area contributed by atoms with Gasteiger partial charge in [0.15, 0.2) is 9.84 Å². The smallest absolute Gasteiger partial charge is 0.176 e. The van der Waals surface area contributed by atoms with Crippen LogP contribution in [0.2, 0.25) is 5.02 Å². The second-order valence-electron chi connectivity index (χ2n) is 4.49. The van der Waals surface area contributed by atoms with Crippen LogP contribution in [0, 0.1) is 0 Å². The molecule has 5 heteroatoms. The molecule has 0 unspecified atom stereocenters. The molecule has 1 saturated heterocycles. The quantitative estimate of drug-likeness (QED) is 0.899. The number of nitrogens with one attached hydrogen (secondary N) is 1. The maximum Gasteiger partial charge on any atom is 0.176 e. The molecule has 0 atom stereocenters. The third-order valence-electron chi connectivity index (χ3n) is 3.17. The molecule has 2 rings (SSSR count). The van der Waals surface area contributed by atoms with E-state index in [1.807, 2.05) is 6.07 Å². The van der Waals surface area contributed by atoms with Crippen LogP contribution in [-0.4, -0.2) is 27.8 Å². The first-order valence-corrected chi connectivity index (χ1v) is 7.95. The van der Waals surface area contributed by atoms with Crippen molar-refractivity contribution in [2.24, 2.45) is 0 Å². The monoisotopic (exact) mass is 273 g/mol. The summed E-state index contributed by atoms with van der Waals surface area (Å²) >= 11 is 6.04. The minimum atomic E-state index is -3.23. The number of rotatable bonds is 2. The highest BCUT2D eigenvalue weighted by atomic mass is 35.5. The molecule has 1 aromatic rings. The van der Waals surface area contributed by atoms with Crippen LogP contribution in [-0.2, 0) is 9.84 Å². The standard InChI is InChI=1S/C12H16ClNO2S/c1-17(15,16)12-3-2-10(8-11(12)13)9-4-6-14-7-5-9/h2-3,8-9,14H,4-7H2,1H3. The second-order valence-corrected chi connectivity index (χ2v) is 6.88. The van der Waals surface area contributed by atoms with Gasteiger partial charge in [-0.3, -0.25) is 0 Å². The van der Waals surface area contributed by atoms with Crippen molar-refractivity contribution in [3.05, 3.63) is 28.8 Å². The van der Waals surface area contributed by atoms with Crippen LogP contribution in [0.15, 0.2) is 23.1 Å². The Morgan fingerprint density at radius 3 is 2.47 bits per heavy atom. The lowest BCUT2D eigenvalue weighted by Gasteiger charge is -2.23. The van der Waals surface area contributed by atoms with E-state index < -0.39 is 9.84 Å². The van der Waals surface area contributed by atoms with Crippen molar-refractivity contribution >= 4 is 21.4 Å². The molecule has 1 fully saturated rings. The Hall–Kier alpha value is -0.580. The van der Waals surface area contributed by atoms with Crippen molar-refractivity contribution in [3.8, 4) is 0 Å². The SMILES string of the molecule is CS(=O)(=O)c1ccc(C2CCNCC2)cc1Cl. The summed E-state index contributed by atoms with van der Waals surface area (Å²) in [5, 5.41) is 3.64. The lowest BCUT2D eigenvalue weighted by Crippen LogP contribution is -2.26. The van der Waals surface area contributed by atoms with Crippen molar-refractivity contribution in [1.82, 2.24) is 5.32 Å². The van der Waals surface area contributed by atoms with E-state index in [0.717, 1.165) is 31.5 Å². The van der Waals surface area contributed by atoms with Crippen LogP contribution in [0.25, 0.3) is 0 Å². The van der Waals surface area contributed by atoms with Gasteiger partial charge in [0.25, 0.3) is 0 Å². The van der Waals surface area contributed by atoms with Crippen molar-refractivity contribution in [2.75, 3.05) is 19.3 Å². The normalized spacial score (nSPS) is 18.2. The van der Waals surface area contributed by atoms with E-state index in [9.17, 15) is 8.42 Å². The van der Waals surface area contributed by atoms with Gasteiger partial charge in [0, 0.05) is 6.26 Å². The number of piperidine rings is 1. The molecule has 0 spiro atoms. The Kier molecular flexibility index (Phi) is 3.76. The molecule has 1 aliphatic rings. The molecule has 94 valence electrons. The molecule has 0 aliphatic carbocycles. The van der Waals surface area contributed by atoms with Gasteiger partial charge in [0.1, 0.15) is 0 Å². The van der Waals surface area contributed by atoms with E-state index in [1.54, 1.807) is 12.1 Å². The zero-order valence-electron chi connectivity index (χ0n) is 9.74. The summed E-state index contributed by atoms with van der Waals surface area (Å²) in [7, 11) is -3.23. The van der Waals surface area contributed by atoms with Crippen molar-refractivity contribution in [2.45, 2.75) is 23.7 Å². The van der Waals surface area contributed by atoms with Crippen molar-refractivity contribution in [1.29, 1.82) is 0 Å². The van der Waals surface area contributed by atoms with E-state index in [4.69, 9.17) is 11.6 Å². The van der Waals surface area contributed by atoms with Gasteiger partial charge < -0.3 is 5.32 Å². The average Bonchev–Trinajstić information content (AvgIpc) is 2.28. The fourth-order valence-electron chi connectivity index (χ4n) is 2.23. The molecule has 1 N–H and O–H groups in total. The van der Waals surface area contributed by atoms with Crippen LogP contribution in [0.3, 0.4) is 0 Å². The molecular formula is C12H16ClNO2S. The Morgan fingerprint density at radius 2 is 1.94 bits per heavy atom.